The first-order chi connectivity index (χ1) is 11.3. The zero-order chi connectivity index (χ0) is 16.1. The molecule has 0 fully saturated rings. The maximum Gasteiger partial charge on any atom is 0.257 e. The fraction of sp³-hybridized carbons (Fsp3) is 0.176. The Bertz CT molecular complexity index is 802. The van der Waals surface area contributed by atoms with Crippen LogP contribution in [-0.4, -0.2) is 24.3 Å². The molecule has 0 radical (unpaired) electrons. The summed E-state index contributed by atoms with van der Waals surface area (Å²) in [6, 6.07) is 14.7. The van der Waals surface area contributed by atoms with E-state index < -0.39 is 0 Å². The molecular formula is C17H16N2O3S. The van der Waals surface area contributed by atoms with E-state index >= 15 is 0 Å². The van der Waals surface area contributed by atoms with Gasteiger partial charge in [-0.05, 0) is 37.3 Å². The van der Waals surface area contributed by atoms with Gasteiger partial charge >= 0.3 is 0 Å². The number of carbonyl (C=O) groups is 1. The number of nitrogens with one attached hydrogen (secondary N) is 1. The van der Waals surface area contributed by atoms with Crippen molar-refractivity contribution in [1.29, 1.82) is 0 Å². The number of anilines is 1. The number of benzene rings is 2. The summed E-state index contributed by atoms with van der Waals surface area (Å²) in [6.45, 7) is 2.74. The van der Waals surface area contributed by atoms with Gasteiger partial charge in [0.2, 0.25) is 0 Å². The Hall–Kier alpha value is -2.44. The van der Waals surface area contributed by atoms with Gasteiger partial charge in [0.25, 0.3) is 5.91 Å². The molecule has 0 spiro atoms. The zero-order valence-electron chi connectivity index (χ0n) is 12.6. The molecule has 3 aromatic rings. The number of fused-ring (bicyclic) bond motifs is 1. The third-order valence-electron chi connectivity index (χ3n) is 3.13. The normalized spacial score (nSPS) is 10.7. The van der Waals surface area contributed by atoms with Crippen molar-refractivity contribution in [2.24, 2.45) is 0 Å². The monoisotopic (exact) mass is 328 g/mol. The summed E-state index contributed by atoms with van der Waals surface area (Å²) in [4.78, 5) is 16.6. The van der Waals surface area contributed by atoms with Crippen LogP contribution < -0.4 is 10.1 Å². The van der Waals surface area contributed by atoms with Crippen LogP contribution in [0.25, 0.3) is 10.2 Å². The third-order valence-corrected chi connectivity index (χ3v) is 4.06. The van der Waals surface area contributed by atoms with Crippen LogP contribution in [0.4, 0.5) is 5.13 Å². The fourth-order valence-corrected chi connectivity index (χ4v) is 2.89. The number of hydrogen-bond acceptors (Lipinski definition) is 5. The molecule has 2 aromatic carbocycles. The molecule has 3 rings (SSSR count). The van der Waals surface area contributed by atoms with Crippen molar-refractivity contribution in [2.75, 3.05) is 18.7 Å². The molecule has 0 aliphatic rings. The summed E-state index contributed by atoms with van der Waals surface area (Å²) >= 11 is 1.41. The van der Waals surface area contributed by atoms with Crippen LogP contribution in [-0.2, 0) is 4.74 Å². The van der Waals surface area contributed by atoms with E-state index in [9.17, 15) is 4.79 Å². The van der Waals surface area contributed by atoms with Crippen molar-refractivity contribution in [3.05, 3.63) is 54.1 Å². The van der Waals surface area contributed by atoms with Crippen LogP contribution in [0.3, 0.4) is 0 Å². The second-order valence-electron chi connectivity index (χ2n) is 4.72. The van der Waals surface area contributed by atoms with Gasteiger partial charge < -0.3 is 9.47 Å². The van der Waals surface area contributed by atoms with Gasteiger partial charge in [-0.15, -0.1) is 0 Å². The van der Waals surface area contributed by atoms with Gasteiger partial charge in [-0.2, -0.15) is 0 Å². The highest BCUT2D eigenvalue weighted by Gasteiger charge is 2.10. The molecule has 0 aliphatic heterocycles. The predicted octanol–water partition coefficient (Wildman–Crippen LogP) is 3.92. The van der Waals surface area contributed by atoms with E-state index in [-0.39, 0.29) is 12.7 Å². The molecule has 1 N–H and O–H groups in total. The van der Waals surface area contributed by atoms with E-state index in [1.165, 1.54) is 11.3 Å². The predicted molar refractivity (Wildman–Crippen MR) is 91.1 cm³/mol. The number of ether oxygens (including phenoxy) is 2. The number of carbonyl (C=O) groups excluding carboxylic acids is 1. The Balaban J connectivity index is 1.73. The minimum Gasteiger partial charge on any atom is -0.468 e. The molecule has 1 amide bonds. The molecule has 6 heteroatoms. The SMILES string of the molecule is CCOCOc1ccc2nc(NC(=O)c3ccccc3)sc2c1. The lowest BCUT2D eigenvalue weighted by Gasteiger charge is -2.04. The first-order valence-corrected chi connectivity index (χ1v) is 8.05. The van der Waals surface area contributed by atoms with Crippen LogP contribution >= 0.6 is 11.3 Å². The molecule has 0 saturated carbocycles. The van der Waals surface area contributed by atoms with E-state index in [1.54, 1.807) is 12.1 Å². The Morgan fingerprint density at radius 1 is 1.22 bits per heavy atom. The van der Waals surface area contributed by atoms with Gasteiger partial charge in [-0.3, -0.25) is 10.1 Å². The third kappa shape index (κ3) is 3.85. The number of amides is 1. The maximum absolute atomic E-state index is 12.1. The minimum atomic E-state index is -0.169. The van der Waals surface area contributed by atoms with E-state index in [1.807, 2.05) is 43.3 Å². The smallest absolute Gasteiger partial charge is 0.257 e. The van der Waals surface area contributed by atoms with Crippen LogP contribution in [0.2, 0.25) is 0 Å². The maximum atomic E-state index is 12.1. The van der Waals surface area contributed by atoms with Crippen molar-refractivity contribution in [3.8, 4) is 5.75 Å². The summed E-state index contributed by atoms with van der Waals surface area (Å²) in [5.74, 6) is 0.549. The van der Waals surface area contributed by atoms with Gasteiger partial charge in [-0.25, -0.2) is 4.98 Å². The highest BCUT2D eigenvalue weighted by atomic mass is 32.1. The highest BCUT2D eigenvalue weighted by Crippen LogP contribution is 2.29. The average molecular weight is 328 g/mol. The van der Waals surface area contributed by atoms with Gasteiger partial charge in [0.15, 0.2) is 11.9 Å². The molecular weight excluding hydrogens is 312 g/mol. The van der Waals surface area contributed by atoms with Crippen LogP contribution in [0.15, 0.2) is 48.5 Å². The van der Waals surface area contributed by atoms with Crippen molar-refractivity contribution in [2.45, 2.75) is 6.92 Å². The fourth-order valence-electron chi connectivity index (χ4n) is 2.00. The molecule has 1 heterocycles. The number of hydrogen-bond donors (Lipinski definition) is 1. The molecule has 0 bridgehead atoms. The van der Waals surface area contributed by atoms with Crippen molar-refractivity contribution >= 4 is 32.6 Å². The van der Waals surface area contributed by atoms with E-state index in [2.05, 4.69) is 10.3 Å². The van der Waals surface area contributed by atoms with E-state index in [0.717, 1.165) is 16.0 Å². The molecule has 0 atom stereocenters. The number of nitrogens with zero attached hydrogens (tertiary/aromatic N) is 1. The lowest BCUT2D eigenvalue weighted by atomic mass is 10.2. The highest BCUT2D eigenvalue weighted by molar-refractivity contribution is 7.22. The minimum absolute atomic E-state index is 0.169. The molecule has 1 aromatic heterocycles. The standard InChI is InChI=1S/C17H16N2O3S/c1-2-21-11-22-13-8-9-14-15(10-13)23-17(18-14)19-16(20)12-6-4-3-5-7-12/h3-10H,2,11H2,1H3,(H,18,19,20). The zero-order valence-corrected chi connectivity index (χ0v) is 13.4. The summed E-state index contributed by atoms with van der Waals surface area (Å²) < 4.78 is 11.6. The number of rotatable bonds is 6. The second-order valence-corrected chi connectivity index (χ2v) is 5.75. The van der Waals surface area contributed by atoms with Gasteiger partial charge in [0, 0.05) is 12.2 Å². The lowest BCUT2D eigenvalue weighted by Crippen LogP contribution is -2.11. The van der Waals surface area contributed by atoms with Crippen molar-refractivity contribution < 1.29 is 14.3 Å². The van der Waals surface area contributed by atoms with Gasteiger partial charge in [0.1, 0.15) is 5.75 Å². The lowest BCUT2D eigenvalue weighted by molar-refractivity contribution is 0.0225. The largest absolute Gasteiger partial charge is 0.468 e. The molecule has 0 aliphatic carbocycles. The second kappa shape index (κ2) is 7.21. The summed E-state index contributed by atoms with van der Waals surface area (Å²) in [5.41, 5.74) is 1.43. The van der Waals surface area contributed by atoms with Crippen LogP contribution in [0.5, 0.6) is 5.75 Å². The topological polar surface area (TPSA) is 60.5 Å². The molecule has 5 nitrogen and oxygen atoms in total. The van der Waals surface area contributed by atoms with Gasteiger partial charge in [0.05, 0.1) is 10.2 Å². The number of aromatic nitrogens is 1. The molecule has 23 heavy (non-hydrogen) atoms. The Morgan fingerprint density at radius 2 is 2.04 bits per heavy atom. The Kier molecular flexibility index (Phi) is 4.85. The molecule has 0 saturated heterocycles. The summed E-state index contributed by atoms with van der Waals surface area (Å²) in [6.07, 6.45) is 0. The number of thiazole rings is 1. The van der Waals surface area contributed by atoms with Crippen molar-refractivity contribution in [1.82, 2.24) is 4.98 Å². The molecule has 118 valence electrons. The van der Waals surface area contributed by atoms with Gasteiger partial charge in [-0.1, -0.05) is 29.5 Å². The first-order valence-electron chi connectivity index (χ1n) is 7.24. The first kappa shape index (κ1) is 15.5. The molecule has 0 unspecified atom stereocenters. The average Bonchev–Trinajstić information content (AvgIpc) is 2.97. The Labute approximate surface area is 137 Å². The summed E-state index contributed by atoms with van der Waals surface area (Å²) in [7, 11) is 0. The summed E-state index contributed by atoms with van der Waals surface area (Å²) in [5, 5.41) is 3.39. The van der Waals surface area contributed by atoms with Crippen LogP contribution in [0.1, 0.15) is 17.3 Å². The van der Waals surface area contributed by atoms with Crippen LogP contribution in [0, 0.1) is 0 Å². The van der Waals surface area contributed by atoms with E-state index in [0.29, 0.717) is 17.3 Å². The Morgan fingerprint density at radius 3 is 2.83 bits per heavy atom. The van der Waals surface area contributed by atoms with Crippen molar-refractivity contribution in [3.63, 3.8) is 0 Å². The quantitative estimate of drug-likeness (QED) is 0.550. The van der Waals surface area contributed by atoms with E-state index in [4.69, 9.17) is 9.47 Å².